The van der Waals surface area contributed by atoms with E-state index in [1.165, 1.54) is 44.6 Å². The SMILES string of the molecule is C\C=C/C(=C\C=C\C(=O)NC(Cc1ccc(OC(=O)c2ccc(OCCCCCCC)cc2)c(OC)c1)C(=O)O)NC(=O)COCc1ccccc1. The summed E-state index contributed by atoms with van der Waals surface area (Å²) in [5.41, 5.74) is 2.21. The maximum atomic E-state index is 12.9. The van der Waals surface area contributed by atoms with Crippen LogP contribution in [0.2, 0.25) is 0 Å². The summed E-state index contributed by atoms with van der Waals surface area (Å²) in [5.74, 6) is -1.82. The second-order valence-corrected chi connectivity index (χ2v) is 11.8. The monoisotopic (exact) mass is 712 g/mol. The van der Waals surface area contributed by atoms with Gasteiger partial charge in [0, 0.05) is 18.2 Å². The summed E-state index contributed by atoms with van der Waals surface area (Å²) in [7, 11) is 1.40. The summed E-state index contributed by atoms with van der Waals surface area (Å²) in [5, 5.41) is 15.0. The van der Waals surface area contributed by atoms with Crippen LogP contribution in [-0.4, -0.2) is 55.2 Å². The number of hydrogen-bond acceptors (Lipinski definition) is 8. The molecule has 0 radical (unpaired) electrons. The number of carboxylic acids is 1. The van der Waals surface area contributed by atoms with Crippen LogP contribution in [-0.2, 0) is 32.1 Å². The number of carbonyl (C=O) groups excluding carboxylic acids is 3. The van der Waals surface area contributed by atoms with E-state index in [2.05, 4.69) is 17.6 Å². The molecule has 52 heavy (non-hydrogen) atoms. The molecule has 2 amide bonds. The zero-order chi connectivity index (χ0) is 37.6. The predicted octanol–water partition coefficient (Wildman–Crippen LogP) is 6.72. The molecule has 0 aliphatic carbocycles. The van der Waals surface area contributed by atoms with E-state index in [4.69, 9.17) is 18.9 Å². The summed E-state index contributed by atoms with van der Waals surface area (Å²) >= 11 is 0. The molecular formula is C41H48N2O9. The van der Waals surface area contributed by atoms with Crippen molar-refractivity contribution in [1.29, 1.82) is 0 Å². The molecule has 11 nitrogen and oxygen atoms in total. The number of carboxylic acid groups (broad SMARTS) is 1. The standard InChI is InChI=1S/C41H48N2O9/c1-4-6-7-8-12-25-51-34-22-20-32(21-23-34)41(48)52-36-24-19-31(27-37(36)49-3)26-35(40(46)47)43-38(44)18-13-17-33(14-5-2)42-39(45)29-50-28-30-15-10-9-11-16-30/h5,9-11,13-24,27,35H,4,6-8,12,25-26,28-29H2,1-3H3,(H,42,45)(H,43,44)(H,46,47)/b14-5-,18-13+,33-17+. The van der Waals surface area contributed by atoms with E-state index in [1.807, 2.05) is 30.3 Å². The first-order valence-electron chi connectivity index (χ1n) is 17.3. The first kappa shape index (κ1) is 40.7. The van der Waals surface area contributed by atoms with Crippen LogP contribution in [0.15, 0.2) is 109 Å². The van der Waals surface area contributed by atoms with Crippen molar-refractivity contribution < 1.29 is 43.2 Å². The van der Waals surface area contributed by atoms with E-state index in [1.54, 1.807) is 55.5 Å². The van der Waals surface area contributed by atoms with Crippen LogP contribution in [0.5, 0.6) is 17.2 Å². The molecule has 0 aliphatic rings. The van der Waals surface area contributed by atoms with E-state index in [-0.39, 0.29) is 37.0 Å². The van der Waals surface area contributed by atoms with E-state index >= 15 is 0 Å². The Hall–Kier alpha value is -5.68. The molecular weight excluding hydrogens is 664 g/mol. The number of benzene rings is 3. The summed E-state index contributed by atoms with van der Waals surface area (Å²) in [6, 6.07) is 19.5. The molecule has 0 saturated heterocycles. The van der Waals surface area contributed by atoms with Crippen molar-refractivity contribution >= 4 is 23.8 Å². The van der Waals surface area contributed by atoms with Gasteiger partial charge in [-0.15, -0.1) is 0 Å². The van der Waals surface area contributed by atoms with Crippen molar-refractivity contribution in [1.82, 2.24) is 10.6 Å². The zero-order valence-corrected chi connectivity index (χ0v) is 30.0. The van der Waals surface area contributed by atoms with Gasteiger partial charge in [-0.3, -0.25) is 9.59 Å². The van der Waals surface area contributed by atoms with Crippen LogP contribution in [0.4, 0.5) is 0 Å². The lowest BCUT2D eigenvalue weighted by atomic mass is 10.0. The predicted molar refractivity (Wildman–Crippen MR) is 198 cm³/mol. The van der Waals surface area contributed by atoms with Crippen molar-refractivity contribution in [2.24, 2.45) is 0 Å². The summed E-state index contributed by atoms with van der Waals surface area (Å²) < 4.78 is 22.2. The van der Waals surface area contributed by atoms with Crippen molar-refractivity contribution in [3.05, 3.63) is 126 Å². The Morgan fingerprint density at radius 3 is 2.31 bits per heavy atom. The number of aliphatic carboxylic acids is 1. The average Bonchev–Trinajstić information content (AvgIpc) is 3.14. The molecule has 0 aromatic heterocycles. The number of amides is 2. The molecule has 0 heterocycles. The van der Waals surface area contributed by atoms with Crippen LogP contribution in [0.1, 0.15) is 67.4 Å². The number of hydrogen-bond donors (Lipinski definition) is 3. The summed E-state index contributed by atoms with van der Waals surface area (Å²) in [4.78, 5) is 49.9. The van der Waals surface area contributed by atoms with E-state index in [0.717, 1.165) is 24.5 Å². The highest BCUT2D eigenvalue weighted by molar-refractivity contribution is 5.92. The minimum Gasteiger partial charge on any atom is -0.494 e. The van der Waals surface area contributed by atoms with Crippen molar-refractivity contribution in [2.75, 3.05) is 20.3 Å². The van der Waals surface area contributed by atoms with Gasteiger partial charge in [0.1, 0.15) is 18.4 Å². The van der Waals surface area contributed by atoms with Gasteiger partial charge in [0.25, 0.3) is 0 Å². The number of rotatable bonds is 22. The first-order valence-corrected chi connectivity index (χ1v) is 17.3. The molecule has 3 aromatic carbocycles. The number of allylic oxidation sites excluding steroid dienone is 4. The third-order valence-corrected chi connectivity index (χ3v) is 7.59. The normalized spacial score (nSPS) is 12.0. The lowest BCUT2D eigenvalue weighted by Crippen LogP contribution is -2.41. The number of nitrogens with one attached hydrogen (secondary N) is 2. The fourth-order valence-corrected chi connectivity index (χ4v) is 4.91. The molecule has 0 aliphatic heterocycles. The summed E-state index contributed by atoms with van der Waals surface area (Å²) in [6.07, 6.45) is 13.1. The van der Waals surface area contributed by atoms with E-state index < -0.39 is 23.9 Å². The van der Waals surface area contributed by atoms with Gasteiger partial charge < -0.3 is 34.7 Å². The molecule has 0 saturated carbocycles. The Bertz CT molecular complexity index is 1680. The second kappa shape index (κ2) is 22.9. The largest absolute Gasteiger partial charge is 0.494 e. The van der Waals surface area contributed by atoms with Gasteiger partial charge in [-0.05, 0) is 73.0 Å². The summed E-state index contributed by atoms with van der Waals surface area (Å²) in [6.45, 7) is 4.69. The maximum Gasteiger partial charge on any atom is 0.343 e. The molecule has 1 atom stereocenters. The third-order valence-electron chi connectivity index (χ3n) is 7.59. The van der Waals surface area contributed by atoms with Gasteiger partial charge in [-0.1, -0.05) is 81.2 Å². The number of esters is 1. The van der Waals surface area contributed by atoms with Gasteiger partial charge in [-0.25, -0.2) is 9.59 Å². The number of ether oxygens (including phenoxy) is 4. The van der Waals surface area contributed by atoms with Crippen molar-refractivity contribution in [3.63, 3.8) is 0 Å². The first-order chi connectivity index (χ1) is 25.2. The van der Waals surface area contributed by atoms with E-state index in [9.17, 15) is 24.3 Å². The molecule has 3 N–H and O–H groups in total. The number of carbonyl (C=O) groups is 4. The zero-order valence-electron chi connectivity index (χ0n) is 30.0. The fraction of sp³-hybridized carbons (Fsp3) is 0.317. The third kappa shape index (κ3) is 15.1. The number of methoxy groups -OCH3 is 1. The minimum absolute atomic E-state index is 0.0712. The smallest absolute Gasteiger partial charge is 0.343 e. The Labute approximate surface area is 305 Å². The Kier molecular flexibility index (Phi) is 18.0. The van der Waals surface area contributed by atoms with Crippen LogP contribution in [0, 0.1) is 0 Å². The van der Waals surface area contributed by atoms with Gasteiger partial charge in [0.2, 0.25) is 11.8 Å². The molecule has 1 unspecified atom stereocenters. The van der Waals surface area contributed by atoms with Crippen molar-refractivity contribution in [3.8, 4) is 17.2 Å². The number of unbranched alkanes of at least 4 members (excludes halogenated alkanes) is 4. The van der Waals surface area contributed by atoms with Gasteiger partial charge >= 0.3 is 11.9 Å². The molecule has 0 fully saturated rings. The molecule has 0 bridgehead atoms. The molecule has 0 spiro atoms. The van der Waals surface area contributed by atoms with Gasteiger partial charge in [0.15, 0.2) is 11.5 Å². The van der Waals surface area contributed by atoms with Gasteiger partial charge in [0.05, 0.1) is 25.9 Å². The topological polar surface area (TPSA) is 149 Å². The van der Waals surface area contributed by atoms with Crippen LogP contribution >= 0.6 is 0 Å². The Balaban J connectivity index is 1.53. The average molecular weight is 713 g/mol. The Morgan fingerprint density at radius 2 is 1.62 bits per heavy atom. The van der Waals surface area contributed by atoms with Gasteiger partial charge in [-0.2, -0.15) is 0 Å². The fourth-order valence-electron chi connectivity index (χ4n) is 4.91. The van der Waals surface area contributed by atoms with Crippen LogP contribution in [0.3, 0.4) is 0 Å². The lowest BCUT2D eigenvalue weighted by molar-refractivity contribution is -0.141. The van der Waals surface area contributed by atoms with Crippen molar-refractivity contribution in [2.45, 2.75) is 65.0 Å². The highest BCUT2D eigenvalue weighted by Gasteiger charge is 2.21. The second-order valence-electron chi connectivity index (χ2n) is 11.8. The maximum absolute atomic E-state index is 12.9. The quantitative estimate of drug-likeness (QED) is 0.0339. The molecule has 11 heteroatoms. The van der Waals surface area contributed by atoms with E-state index in [0.29, 0.717) is 29.2 Å². The lowest BCUT2D eigenvalue weighted by Gasteiger charge is -2.15. The highest BCUT2D eigenvalue weighted by atomic mass is 16.6. The molecule has 3 aromatic rings. The minimum atomic E-state index is -1.27. The molecule has 276 valence electrons. The highest BCUT2D eigenvalue weighted by Crippen LogP contribution is 2.29. The van der Waals surface area contributed by atoms with Crippen LogP contribution in [0.25, 0.3) is 0 Å². The molecule has 3 rings (SSSR count). The van der Waals surface area contributed by atoms with Crippen LogP contribution < -0.4 is 24.8 Å². The Morgan fingerprint density at radius 1 is 0.865 bits per heavy atom.